The molecule has 0 radical (unpaired) electrons. The zero-order valence-corrected chi connectivity index (χ0v) is 19.1. The third kappa shape index (κ3) is 4.55. The number of ether oxygens (including phenoxy) is 2. The second-order valence-electron chi connectivity index (χ2n) is 8.74. The third-order valence-corrected chi connectivity index (χ3v) is 5.83. The Labute approximate surface area is 189 Å². The highest BCUT2D eigenvalue weighted by atomic mass is 35.5. The number of ketones is 2. The first-order chi connectivity index (χ1) is 14.7. The van der Waals surface area contributed by atoms with Crippen LogP contribution in [0.5, 0.6) is 11.5 Å². The van der Waals surface area contributed by atoms with Crippen molar-refractivity contribution in [2.24, 2.45) is 0 Å². The summed E-state index contributed by atoms with van der Waals surface area (Å²) in [6.45, 7) is 8.43. The molecule has 1 heterocycles. The second kappa shape index (κ2) is 8.19. The fourth-order valence-corrected chi connectivity index (χ4v) is 4.27. The minimum absolute atomic E-state index is 0.100. The van der Waals surface area contributed by atoms with Gasteiger partial charge >= 0.3 is 6.18 Å². The van der Waals surface area contributed by atoms with Crippen LogP contribution in [0.1, 0.15) is 57.2 Å². The molecule has 0 N–H and O–H groups in total. The lowest BCUT2D eigenvalue weighted by atomic mass is 9.73. The number of Topliss-reactive ketones (excluding diaryl/α,β-unsaturated/α-hetero) is 2. The maximum atomic E-state index is 13.1. The largest absolute Gasteiger partial charge is 0.457 e. The zero-order valence-electron chi connectivity index (χ0n) is 18.4. The van der Waals surface area contributed by atoms with E-state index in [0.717, 1.165) is 17.7 Å². The van der Waals surface area contributed by atoms with Crippen molar-refractivity contribution in [1.29, 1.82) is 0 Å². The van der Waals surface area contributed by atoms with Crippen LogP contribution in [0.4, 0.5) is 13.2 Å². The first kappa shape index (κ1) is 24.3. The Balaban J connectivity index is 2.02. The fraction of sp³-hybridized carbons (Fsp3) is 0.417. The molecule has 1 saturated heterocycles. The Hall–Kier alpha value is -2.38. The van der Waals surface area contributed by atoms with Gasteiger partial charge in [-0.05, 0) is 69.5 Å². The van der Waals surface area contributed by atoms with Gasteiger partial charge in [0.25, 0.3) is 0 Å². The summed E-state index contributed by atoms with van der Waals surface area (Å²) >= 11 is 5.78. The van der Waals surface area contributed by atoms with Crippen LogP contribution in [0, 0.1) is 0 Å². The van der Waals surface area contributed by atoms with Crippen LogP contribution in [0.25, 0.3) is 0 Å². The molecule has 1 fully saturated rings. The molecule has 4 nitrogen and oxygen atoms in total. The van der Waals surface area contributed by atoms with Crippen molar-refractivity contribution in [1.82, 2.24) is 0 Å². The van der Waals surface area contributed by atoms with Crippen LogP contribution in [0.3, 0.4) is 0 Å². The zero-order chi connectivity index (χ0) is 24.1. The van der Waals surface area contributed by atoms with Crippen molar-refractivity contribution in [2.75, 3.05) is 0 Å². The van der Waals surface area contributed by atoms with Crippen molar-refractivity contribution in [3.05, 3.63) is 58.1 Å². The van der Waals surface area contributed by atoms with Crippen LogP contribution in [0.15, 0.2) is 36.4 Å². The summed E-state index contributed by atoms with van der Waals surface area (Å²) in [4.78, 5) is 26.3. The molecule has 0 amide bonds. The van der Waals surface area contributed by atoms with E-state index < -0.39 is 33.9 Å². The number of benzene rings is 2. The minimum Gasteiger partial charge on any atom is -0.457 e. The third-order valence-electron chi connectivity index (χ3n) is 5.51. The van der Waals surface area contributed by atoms with E-state index in [1.54, 1.807) is 45.9 Å². The second-order valence-corrected chi connectivity index (χ2v) is 9.15. The summed E-state index contributed by atoms with van der Waals surface area (Å²) in [5.41, 5.74) is -1.99. The number of halogens is 4. The van der Waals surface area contributed by atoms with Crippen molar-refractivity contribution >= 4 is 23.2 Å². The summed E-state index contributed by atoms with van der Waals surface area (Å²) in [6, 6.07) is 8.05. The molecule has 8 heteroatoms. The van der Waals surface area contributed by atoms with E-state index in [2.05, 4.69) is 0 Å². The van der Waals surface area contributed by atoms with Gasteiger partial charge in [0, 0.05) is 6.07 Å². The van der Waals surface area contributed by atoms with Crippen LogP contribution in [0.2, 0.25) is 5.02 Å². The Morgan fingerprint density at radius 2 is 1.50 bits per heavy atom. The van der Waals surface area contributed by atoms with Gasteiger partial charge in [-0.25, -0.2) is 0 Å². The molecule has 1 aliphatic heterocycles. The number of hydrogen-bond acceptors (Lipinski definition) is 4. The van der Waals surface area contributed by atoms with E-state index in [9.17, 15) is 22.8 Å². The number of rotatable bonds is 4. The van der Waals surface area contributed by atoms with E-state index in [1.807, 2.05) is 6.92 Å². The summed E-state index contributed by atoms with van der Waals surface area (Å²) < 4.78 is 50.3. The Bertz CT molecular complexity index is 1050. The maximum absolute atomic E-state index is 13.1. The fourth-order valence-electron chi connectivity index (χ4n) is 3.99. The van der Waals surface area contributed by atoms with Gasteiger partial charge in [0.1, 0.15) is 28.6 Å². The molecule has 0 spiro atoms. The quantitative estimate of drug-likeness (QED) is 0.479. The number of hydrogen-bond donors (Lipinski definition) is 0. The topological polar surface area (TPSA) is 52.6 Å². The van der Waals surface area contributed by atoms with E-state index in [-0.39, 0.29) is 23.1 Å². The molecule has 1 aliphatic rings. The summed E-state index contributed by atoms with van der Waals surface area (Å²) in [6.07, 6.45) is -4.00. The molecule has 0 aromatic heterocycles. The average Bonchev–Trinajstić information content (AvgIpc) is 2.65. The van der Waals surface area contributed by atoms with Gasteiger partial charge in [-0.15, -0.1) is 0 Å². The first-order valence-corrected chi connectivity index (χ1v) is 10.5. The van der Waals surface area contributed by atoms with Gasteiger partial charge in [0.2, 0.25) is 0 Å². The molecule has 2 aromatic carbocycles. The predicted octanol–water partition coefficient (Wildman–Crippen LogP) is 6.52. The maximum Gasteiger partial charge on any atom is 0.417 e. The molecule has 0 aliphatic carbocycles. The monoisotopic (exact) mass is 468 g/mol. The predicted molar refractivity (Wildman–Crippen MR) is 114 cm³/mol. The normalized spacial score (nSPS) is 18.7. The first-order valence-electron chi connectivity index (χ1n) is 10.1. The molecular formula is C24H24ClF3O4. The van der Waals surface area contributed by atoms with Crippen molar-refractivity contribution < 1.29 is 32.2 Å². The Morgan fingerprint density at radius 1 is 0.969 bits per heavy atom. The van der Waals surface area contributed by atoms with Gasteiger partial charge in [0.15, 0.2) is 11.6 Å². The average molecular weight is 469 g/mol. The Kier molecular flexibility index (Phi) is 6.21. The molecule has 3 rings (SSSR count). The van der Waals surface area contributed by atoms with Crippen LogP contribution in [-0.4, -0.2) is 22.8 Å². The van der Waals surface area contributed by atoms with Crippen LogP contribution < -0.4 is 4.74 Å². The van der Waals surface area contributed by atoms with Gasteiger partial charge in [-0.1, -0.05) is 24.6 Å². The number of alkyl halides is 3. The lowest BCUT2D eigenvalue weighted by Crippen LogP contribution is -2.58. The number of aryl methyl sites for hydroxylation is 1. The molecule has 0 bridgehead atoms. The molecular weight excluding hydrogens is 445 g/mol. The van der Waals surface area contributed by atoms with E-state index in [4.69, 9.17) is 21.1 Å². The van der Waals surface area contributed by atoms with E-state index in [1.165, 1.54) is 6.07 Å². The van der Waals surface area contributed by atoms with Crippen molar-refractivity contribution in [3.63, 3.8) is 0 Å². The Morgan fingerprint density at radius 3 is 2.00 bits per heavy atom. The highest BCUT2D eigenvalue weighted by molar-refractivity contribution is 6.31. The smallest absolute Gasteiger partial charge is 0.417 e. The standard InChI is InChI=1S/C24H24ClF3O4/c1-6-13-7-8-14(31-15-9-10-17(18(25)12-15)24(26,27)28)11-16(13)19-20(29)22(2,3)32-23(4,5)21(19)30/h7-12,19H,6H2,1-5H3. The van der Waals surface area contributed by atoms with Crippen molar-refractivity contribution in [2.45, 2.75) is 64.3 Å². The number of carbonyl (C=O) groups is 2. The highest BCUT2D eigenvalue weighted by Crippen LogP contribution is 2.41. The molecule has 0 unspecified atom stereocenters. The SMILES string of the molecule is CCc1ccc(Oc2ccc(C(F)(F)F)c(Cl)c2)cc1C1C(=O)C(C)(C)OC(C)(C)C1=O. The molecule has 2 aromatic rings. The summed E-state index contributed by atoms with van der Waals surface area (Å²) in [7, 11) is 0. The van der Waals surface area contributed by atoms with Gasteiger partial charge in [0.05, 0.1) is 10.6 Å². The van der Waals surface area contributed by atoms with Gasteiger partial charge in [-0.2, -0.15) is 13.2 Å². The number of carbonyl (C=O) groups excluding carboxylic acids is 2. The van der Waals surface area contributed by atoms with Crippen molar-refractivity contribution in [3.8, 4) is 11.5 Å². The molecule has 32 heavy (non-hydrogen) atoms. The van der Waals surface area contributed by atoms with Crippen LogP contribution >= 0.6 is 11.6 Å². The molecule has 172 valence electrons. The lowest BCUT2D eigenvalue weighted by molar-refractivity contribution is -0.184. The minimum atomic E-state index is -4.57. The summed E-state index contributed by atoms with van der Waals surface area (Å²) in [5, 5.41) is -0.487. The molecule has 0 saturated carbocycles. The highest BCUT2D eigenvalue weighted by Gasteiger charge is 2.53. The van der Waals surface area contributed by atoms with E-state index >= 15 is 0 Å². The van der Waals surface area contributed by atoms with Crippen LogP contribution in [-0.2, 0) is 26.9 Å². The summed E-state index contributed by atoms with van der Waals surface area (Å²) in [5.74, 6) is -1.37. The molecule has 0 atom stereocenters. The van der Waals surface area contributed by atoms with E-state index in [0.29, 0.717) is 12.0 Å². The lowest BCUT2D eigenvalue weighted by Gasteiger charge is -2.43. The van der Waals surface area contributed by atoms with Gasteiger partial charge in [-0.3, -0.25) is 9.59 Å². The van der Waals surface area contributed by atoms with Gasteiger partial charge < -0.3 is 9.47 Å².